The predicted octanol–water partition coefficient (Wildman–Crippen LogP) is 2.15. The molecule has 1 N–H and O–H groups in total. The van der Waals surface area contributed by atoms with Crippen LogP contribution in [0.3, 0.4) is 0 Å². The first kappa shape index (κ1) is 13.2. The molecule has 0 aliphatic carbocycles. The van der Waals surface area contributed by atoms with Crippen molar-refractivity contribution in [2.45, 2.75) is 46.6 Å². The smallest absolute Gasteiger partial charge is 0.241 e. The third-order valence-electron chi connectivity index (χ3n) is 3.63. The van der Waals surface area contributed by atoms with Gasteiger partial charge in [0.2, 0.25) is 5.91 Å². The summed E-state index contributed by atoms with van der Waals surface area (Å²) < 4.78 is 0. The fourth-order valence-corrected chi connectivity index (χ4v) is 2.36. The first-order valence-corrected chi connectivity index (χ1v) is 6.20. The van der Waals surface area contributed by atoms with E-state index in [9.17, 15) is 4.79 Å². The van der Waals surface area contributed by atoms with Crippen molar-refractivity contribution < 1.29 is 4.79 Å². The average Bonchev–Trinajstić information content (AvgIpc) is 2.34. The molecule has 0 saturated carbocycles. The summed E-state index contributed by atoms with van der Waals surface area (Å²) in [7, 11) is 2.05. The van der Waals surface area contributed by atoms with Crippen LogP contribution in [0.15, 0.2) is 11.3 Å². The van der Waals surface area contributed by atoms with Crippen molar-refractivity contribution in [1.82, 2.24) is 10.2 Å². The number of nitrogens with zero attached hydrogens (tertiary/aromatic N) is 1. The molecule has 0 spiro atoms. The Labute approximate surface area is 98.9 Å². The monoisotopic (exact) mass is 224 g/mol. The molecule has 1 aliphatic rings. The highest BCUT2D eigenvalue weighted by Gasteiger charge is 2.31. The van der Waals surface area contributed by atoms with E-state index in [1.807, 2.05) is 14.0 Å². The van der Waals surface area contributed by atoms with Crippen LogP contribution in [0.2, 0.25) is 0 Å². The van der Waals surface area contributed by atoms with Gasteiger partial charge in [0.25, 0.3) is 0 Å². The van der Waals surface area contributed by atoms with Gasteiger partial charge in [-0.25, -0.2) is 0 Å². The van der Waals surface area contributed by atoms with Crippen LogP contribution >= 0.6 is 0 Å². The molecule has 1 rings (SSSR count). The summed E-state index contributed by atoms with van der Waals surface area (Å²) in [5.74, 6) is 0.548. The van der Waals surface area contributed by atoms with E-state index in [4.69, 9.17) is 0 Å². The minimum Gasteiger partial charge on any atom is -0.329 e. The molecule has 1 unspecified atom stereocenters. The third-order valence-corrected chi connectivity index (χ3v) is 3.63. The Bertz CT molecular complexity index is 296. The zero-order valence-electron chi connectivity index (χ0n) is 11.1. The number of carbonyl (C=O) groups is 1. The maximum absolute atomic E-state index is 12.1. The molecule has 1 amide bonds. The highest BCUT2D eigenvalue weighted by atomic mass is 16.2. The fourth-order valence-electron chi connectivity index (χ4n) is 2.36. The lowest BCUT2D eigenvalue weighted by Crippen LogP contribution is -2.46. The molecule has 0 saturated heterocycles. The van der Waals surface area contributed by atoms with E-state index in [1.54, 1.807) is 0 Å². The van der Waals surface area contributed by atoms with Crippen LogP contribution < -0.4 is 5.32 Å². The van der Waals surface area contributed by atoms with Crippen molar-refractivity contribution in [1.29, 1.82) is 0 Å². The quantitative estimate of drug-likeness (QED) is 0.796. The topological polar surface area (TPSA) is 32.3 Å². The first-order valence-electron chi connectivity index (χ1n) is 6.20. The van der Waals surface area contributed by atoms with E-state index in [0.29, 0.717) is 5.92 Å². The van der Waals surface area contributed by atoms with E-state index in [-0.39, 0.29) is 11.9 Å². The number of rotatable bonds is 3. The minimum atomic E-state index is 0.00370. The first-order chi connectivity index (χ1) is 7.51. The molecule has 0 radical (unpaired) electrons. The number of nitrogens with one attached hydrogen (secondary N) is 1. The molecule has 0 bridgehead atoms. The number of hydrogen-bond donors (Lipinski definition) is 1. The van der Waals surface area contributed by atoms with Gasteiger partial charge in [-0.15, -0.1) is 0 Å². The highest BCUT2D eigenvalue weighted by Crippen LogP contribution is 2.20. The van der Waals surface area contributed by atoms with E-state index in [1.165, 1.54) is 5.57 Å². The number of hydrogen-bond acceptors (Lipinski definition) is 2. The van der Waals surface area contributed by atoms with E-state index in [2.05, 4.69) is 31.0 Å². The number of amides is 1. The van der Waals surface area contributed by atoms with Crippen molar-refractivity contribution in [2.75, 3.05) is 13.6 Å². The molecular formula is C13H24N2O. The Balaban J connectivity index is 2.92. The predicted molar refractivity (Wildman–Crippen MR) is 67.0 cm³/mol. The molecule has 92 valence electrons. The van der Waals surface area contributed by atoms with Gasteiger partial charge in [0.15, 0.2) is 0 Å². The lowest BCUT2D eigenvalue weighted by molar-refractivity contribution is -0.126. The summed E-state index contributed by atoms with van der Waals surface area (Å²) in [4.78, 5) is 14.3. The van der Waals surface area contributed by atoms with Gasteiger partial charge < -0.3 is 5.32 Å². The van der Waals surface area contributed by atoms with Gasteiger partial charge in [0, 0.05) is 12.2 Å². The molecule has 0 fully saturated rings. The molecule has 3 heteroatoms. The molecule has 2 atom stereocenters. The van der Waals surface area contributed by atoms with Crippen LogP contribution in [-0.4, -0.2) is 30.4 Å². The summed E-state index contributed by atoms with van der Waals surface area (Å²) in [6.07, 6.45) is 2.03. The maximum atomic E-state index is 12.1. The number of allylic oxidation sites excluding steroid dienone is 1. The lowest BCUT2D eigenvalue weighted by atomic mass is 9.97. The summed E-state index contributed by atoms with van der Waals surface area (Å²) in [5, 5.41) is 3.04. The summed E-state index contributed by atoms with van der Waals surface area (Å²) in [5.41, 5.74) is 2.38. The molecule has 0 aromatic carbocycles. The molecule has 0 aromatic rings. The van der Waals surface area contributed by atoms with Crippen LogP contribution in [0, 0.1) is 5.92 Å². The molecular weight excluding hydrogens is 200 g/mol. The zero-order chi connectivity index (χ0) is 12.3. The Morgan fingerprint density at radius 3 is 2.62 bits per heavy atom. The Morgan fingerprint density at radius 1 is 1.50 bits per heavy atom. The Morgan fingerprint density at radius 2 is 2.12 bits per heavy atom. The molecule has 3 nitrogen and oxygen atoms in total. The lowest BCUT2D eigenvalue weighted by Gasteiger charge is -2.29. The van der Waals surface area contributed by atoms with Crippen LogP contribution in [0.4, 0.5) is 0 Å². The summed E-state index contributed by atoms with van der Waals surface area (Å²) in [6.45, 7) is 9.33. The van der Waals surface area contributed by atoms with Gasteiger partial charge in [0.1, 0.15) is 0 Å². The zero-order valence-corrected chi connectivity index (χ0v) is 11.1. The SMILES string of the molecule is CCC1=C(C)NC(=O)[C@H](C(C)CC)N(C)C1. The minimum absolute atomic E-state index is 0.00370. The standard InChI is InChI=1S/C13H24N2O/c1-6-9(3)12-13(16)14-10(4)11(7-2)8-15(12)5/h9,12H,6-8H2,1-5H3,(H,14,16)/t9?,12-/m0/s1. The van der Waals surface area contributed by atoms with E-state index < -0.39 is 0 Å². The normalized spacial score (nSPS) is 25.3. The van der Waals surface area contributed by atoms with Crippen molar-refractivity contribution in [2.24, 2.45) is 5.92 Å². The van der Waals surface area contributed by atoms with Crippen molar-refractivity contribution in [3.8, 4) is 0 Å². The van der Waals surface area contributed by atoms with Gasteiger partial charge in [-0.05, 0) is 31.9 Å². The molecule has 1 aliphatic heterocycles. The van der Waals surface area contributed by atoms with Gasteiger partial charge in [-0.3, -0.25) is 9.69 Å². The summed E-state index contributed by atoms with van der Waals surface area (Å²) in [6, 6.07) is 0.00370. The molecule has 0 aromatic heterocycles. The maximum Gasteiger partial charge on any atom is 0.241 e. The van der Waals surface area contributed by atoms with Crippen LogP contribution in [0.1, 0.15) is 40.5 Å². The molecule has 1 heterocycles. The second kappa shape index (κ2) is 5.48. The van der Waals surface area contributed by atoms with E-state index in [0.717, 1.165) is 25.1 Å². The van der Waals surface area contributed by atoms with Crippen LogP contribution in [0.5, 0.6) is 0 Å². The second-order valence-corrected chi connectivity index (χ2v) is 4.82. The van der Waals surface area contributed by atoms with Gasteiger partial charge in [-0.2, -0.15) is 0 Å². The van der Waals surface area contributed by atoms with Gasteiger partial charge in [-0.1, -0.05) is 27.2 Å². The van der Waals surface area contributed by atoms with Crippen LogP contribution in [-0.2, 0) is 4.79 Å². The van der Waals surface area contributed by atoms with Crippen LogP contribution in [0.25, 0.3) is 0 Å². The summed E-state index contributed by atoms with van der Waals surface area (Å²) >= 11 is 0. The van der Waals surface area contributed by atoms with Crippen molar-refractivity contribution in [3.05, 3.63) is 11.3 Å². The van der Waals surface area contributed by atoms with Crippen molar-refractivity contribution >= 4 is 5.91 Å². The van der Waals surface area contributed by atoms with Gasteiger partial charge >= 0.3 is 0 Å². The third kappa shape index (κ3) is 2.64. The Kier molecular flexibility index (Phi) is 4.54. The largest absolute Gasteiger partial charge is 0.329 e. The number of likely N-dealkylation sites (N-methyl/N-ethyl adjacent to an activating group) is 1. The van der Waals surface area contributed by atoms with Crippen molar-refractivity contribution in [3.63, 3.8) is 0 Å². The second-order valence-electron chi connectivity index (χ2n) is 4.82. The van der Waals surface area contributed by atoms with Gasteiger partial charge in [0.05, 0.1) is 6.04 Å². The number of carbonyl (C=O) groups excluding carboxylic acids is 1. The molecule has 16 heavy (non-hydrogen) atoms. The Hall–Kier alpha value is -0.830. The van der Waals surface area contributed by atoms with E-state index >= 15 is 0 Å². The fraction of sp³-hybridized carbons (Fsp3) is 0.769. The average molecular weight is 224 g/mol. The highest BCUT2D eigenvalue weighted by molar-refractivity contribution is 5.84.